The molecule has 0 saturated carbocycles. The quantitative estimate of drug-likeness (QED) is 0.533. The lowest BCUT2D eigenvalue weighted by molar-refractivity contribution is -0.137. The summed E-state index contributed by atoms with van der Waals surface area (Å²) in [4.78, 5) is 42.4. The van der Waals surface area contributed by atoms with Gasteiger partial charge in [-0.05, 0) is 48.9 Å². The summed E-state index contributed by atoms with van der Waals surface area (Å²) in [6, 6.07) is 5.75. The van der Waals surface area contributed by atoms with Crippen molar-refractivity contribution in [2.24, 2.45) is 0 Å². The number of hydrogen-bond donors (Lipinski definition) is 1. The van der Waals surface area contributed by atoms with Crippen LogP contribution < -0.4 is 10.2 Å². The van der Waals surface area contributed by atoms with Crippen molar-refractivity contribution < 1.29 is 31.9 Å². The highest BCUT2D eigenvalue weighted by Crippen LogP contribution is 2.43. The van der Waals surface area contributed by atoms with Gasteiger partial charge in [0.05, 0.1) is 35.0 Å². The molecule has 3 saturated heterocycles. The molecule has 0 spiro atoms. The minimum Gasteiger partial charge on any atom is -0.317 e. The third-order valence-corrected chi connectivity index (χ3v) is 6.31. The predicted molar refractivity (Wildman–Crippen MR) is 109 cm³/mol. The molecule has 2 bridgehead atoms. The molecule has 1 N–H and O–H groups in total. The minimum absolute atomic E-state index is 0.141. The molecule has 2 aromatic carbocycles. The standard InChI is InChI=1S/C22H15F4N5O3/c23-12-2-4-13(5-3-12)28-20(33)29-10-15-8-17(29)18-19(32)31(21(34)30(15)18)14-6-1-11(9-27)16(7-14)22(24,25)26/h1-7,15,17-18H,8,10H2,(H,28,33)/t15-,17-,18+/m0/s1. The fourth-order valence-electron chi connectivity index (χ4n) is 4.86. The van der Waals surface area contributed by atoms with Crippen molar-refractivity contribution in [3.8, 4) is 6.07 Å². The molecule has 0 unspecified atom stereocenters. The van der Waals surface area contributed by atoms with E-state index in [2.05, 4.69) is 5.32 Å². The molecule has 0 radical (unpaired) electrons. The number of likely N-dealkylation sites (tertiary alicyclic amines) is 1. The number of fused-ring (bicyclic) bond motifs is 5. The van der Waals surface area contributed by atoms with E-state index in [-0.39, 0.29) is 12.2 Å². The smallest absolute Gasteiger partial charge is 0.317 e. The summed E-state index contributed by atoms with van der Waals surface area (Å²) >= 11 is 0. The average molecular weight is 473 g/mol. The van der Waals surface area contributed by atoms with Crippen LogP contribution in [0.1, 0.15) is 17.5 Å². The van der Waals surface area contributed by atoms with Crippen molar-refractivity contribution in [3.63, 3.8) is 0 Å². The summed E-state index contributed by atoms with van der Waals surface area (Å²) in [5.41, 5.74) is -1.82. The fourth-order valence-corrected chi connectivity index (χ4v) is 4.86. The van der Waals surface area contributed by atoms with Gasteiger partial charge in [0.1, 0.15) is 11.9 Å². The van der Waals surface area contributed by atoms with Gasteiger partial charge in [0.2, 0.25) is 0 Å². The molecule has 0 aliphatic carbocycles. The molecule has 12 heteroatoms. The first-order chi connectivity index (χ1) is 16.1. The Morgan fingerprint density at radius 3 is 2.47 bits per heavy atom. The maximum atomic E-state index is 13.4. The lowest BCUT2D eigenvalue weighted by Crippen LogP contribution is -2.55. The number of benzene rings is 2. The van der Waals surface area contributed by atoms with Crippen molar-refractivity contribution in [3.05, 3.63) is 59.4 Å². The summed E-state index contributed by atoms with van der Waals surface area (Å²) in [7, 11) is 0. The Morgan fingerprint density at radius 1 is 1.12 bits per heavy atom. The van der Waals surface area contributed by atoms with Crippen molar-refractivity contribution in [2.75, 3.05) is 16.8 Å². The molecule has 34 heavy (non-hydrogen) atoms. The number of alkyl halides is 3. The van der Waals surface area contributed by atoms with E-state index in [1.807, 2.05) is 0 Å². The number of amides is 5. The first kappa shape index (κ1) is 21.7. The third kappa shape index (κ3) is 3.23. The van der Waals surface area contributed by atoms with Crippen LogP contribution in [0.5, 0.6) is 0 Å². The molecule has 3 fully saturated rings. The number of piperazine rings is 1. The Morgan fingerprint density at radius 2 is 1.82 bits per heavy atom. The van der Waals surface area contributed by atoms with E-state index in [4.69, 9.17) is 5.26 Å². The number of rotatable bonds is 2. The molecular formula is C22H15F4N5O3. The maximum Gasteiger partial charge on any atom is 0.417 e. The number of carbonyl (C=O) groups is 3. The summed E-state index contributed by atoms with van der Waals surface area (Å²) in [6.07, 6.45) is -4.49. The lowest BCUT2D eigenvalue weighted by Gasteiger charge is -2.34. The SMILES string of the molecule is N#Cc1ccc(N2C(=O)[C@H]3[C@@H]4C[C@@H](CN4C(=O)Nc4ccc(F)cc4)N3C2=O)cc1C(F)(F)F. The van der Waals surface area contributed by atoms with Crippen LogP contribution in [0, 0.1) is 17.1 Å². The van der Waals surface area contributed by atoms with Crippen LogP contribution in [0.4, 0.5) is 38.5 Å². The van der Waals surface area contributed by atoms with E-state index in [0.29, 0.717) is 23.1 Å². The van der Waals surface area contributed by atoms with E-state index < -0.39 is 59.2 Å². The van der Waals surface area contributed by atoms with Crippen molar-refractivity contribution in [1.82, 2.24) is 9.80 Å². The largest absolute Gasteiger partial charge is 0.417 e. The van der Waals surface area contributed by atoms with E-state index in [0.717, 1.165) is 12.1 Å². The van der Waals surface area contributed by atoms with Gasteiger partial charge < -0.3 is 15.1 Å². The fraction of sp³-hybridized carbons (Fsp3) is 0.273. The lowest BCUT2D eigenvalue weighted by atomic mass is 10.1. The van der Waals surface area contributed by atoms with E-state index in [9.17, 15) is 31.9 Å². The Hall–Kier alpha value is -4.14. The van der Waals surface area contributed by atoms with E-state index >= 15 is 0 Å². The van der Waals surface area contributed by atoms with Crippen LogP contribution >= 0.6 is 0 Å². The summed E-state index contributed by atoms with van der Waals surface area (Å²) in [5, 5.41) is 11.6. The zero-order valence-electron chi connectivity index (χ0n) is 17.2. The number of nitrogens with zero attached hydrogens (tertiary/aromatic N) is 4. The number of imide groups is 1. The Balaban J connectivity index is 1.40. The number of hydrogen-bond acceptors (Lipinski definition) is 4. The average Bonchev–Trinajstić information content (AvgIpc) is 3.46. The number of nitriles is 1. The normalized spacial score (nSPS) is 23.4. The van der Waals surface area contributed by atoms with Gasteiger partial charge in [-0.2, -0.15) is 18.4 Å². The molecule has 174 valence electrons. The third-order valence-electron chi connectivity index (χ3n) is 6.31. The van der Waals surface area contributed by atoms with Gasteiger partial charge in [-0.25, -0.2) is 18.9 Å². The molecule has 8 nitrogen and oxygen atoms in total. The van der Waals surface area contributed by atoms with Crippen LogP contribution in [0.2, 0.25) is 0 Å². The topological polar surface area (TPSA) is 96.8 Å². The highest BCUT2D eigenvalue weighted by atomic mass is 19.4. The summed E-state index contributed by atoms with van der Waals surface area (Å²) in [6.45, 7) is 0.141. The second-order valence-electron chi connectivity index (χ2n) is 8.19. The number of anilines is 2. The Bertz CT molecular complexity index is 1260. The van der Waals surface area contributed by atoms with Crippen molar-refractivity contribution in [2.45, 2.75) is 30.7 Å². The molecule has 3 atom stereocenters. The van der Waals surface area contributed by atoms with Crippen LogP contribution in [0.15, 0.2) is 42.5 Å². The highest BCUT2D eigenvalue weighted by molar-refractivity contribution is 6.22. The van der Waals surface area contributed by atoms with Crippen LogP contribution in [0.3, 0.4) is 0 Å². The number of carbonyl (C=O) groups excluding carboxylic acids is 3. The molecule has 3 heterocycles. The molecule has 3 aliphatic heterocycles. The monoisotopic (exact) mass is 473 g/mol. The summed E-state index contributed by atoms with van der Waals surface area (Å²) in [5.74, 6) is -1.21. The van der Waals surface area contributed by atoms with Crippen LogP contribution in [0.25, 0.3) is 0 Å². The number of nitrogens with one attached hydrogen (secondary N) is 1. The molecule has 5 amide bonds. The van der Waals surface area contributed by atoms with Gasteiger partial charge in [0.25, 0.3) is 5.91 Å². The number of urea groups is 2. The number of halogens is 4. The maximum absolute atomic E-state index is 13.4. The molecule has 0 aromatic heterocycles. The first-order valence-corrected chi connectivity index (χ1v) is 10.2. The second kappa shape index (κ2) is 7.44. The van der Waals surface area contributed by atoms with Gasteiger partial charge >= 0.3 is 18.2 Å². The van der Waals surface area contributed by atoms with E-state index in [1.54, 1.807) is 0 Å². The Labute approximate surface area is 189 Å². The second-order valence-corrected chi connectivity index (χ2v) is 8.19. The molecule has 3 aliphatic rings. The minimum atomic E-state index is -4.85. The van der Waals surface area contributed by atoms with Crippen molar-refractivity contribution in [1.29, 1.82) is 5.26 Å². The first-order valence-electron chi connectivity index (χ1n) is 10.2. The van der Waals surface area contributed by atoms with Crippen LogP contribution in [-0.2, 0) is 11.0 Å². The Kier molecular flexibility index (Phi) is 4.75. The van der Waals surface area contributed by atoms with Gasteiger partial charge in [0.15, 0.2) is 0 Å². The van der Waals surface area contributed by atoms with Gasteiger partial charge in [-0.15, -0.1) is 0 Å². The highest BCUT2D eigenvalue weighted by Gasteiger charge is 2.63. The van der Waals surface area contributed by atoms with Gasteiger partial charge in [-0.1, -0.05) is 0 Å². The van der Waals surface area contributed by atoms with Gasteiger partial charge in [0, 0.05) is 12.2 Å². The van der Waals surface area contributed by atoms with Crippen LogP contribution in [-0.4, -0.2) is 52.4 Å². The molecular weight excluding hydrogens is 458 g/mol. The zero-order chi connectivity index (χ0) is 24.4. The molecule has 5 rings (SSSR count). The molecule has 2 aromatic rings. The predicted octanol–water partition coefficient (Wildman–Crippen LogP) is 3.54. The van der Waals surface area contributed by atoms with Gasteiger partial charge in [-0.3, -0.25) is 4.79 Å². The summed E-state index contributed by atoms with van der Waals surface area (Å²) < 4.78 is 53.2. The van der Waals surface area contributed by atoms with Crippen molar-refractivity contribution >= 4 is 29.3 Å². The zero-order valence-corrected chi connectivity index (χ0v) is 17.2. The van der Waals surface area contributed by atoms with E-state index in [1.165, 1.54) is 40.1 Å².